The Morgan fingerprint density at radius 3 is 1.73 bits per heavy atom. The quantitative estimate of drug-likeness (QED) is 0.291. The first-order valence-corrected chi connectivity index (χ1v) is 13.9. The molecule has 0 saturated heterocycles. The van der Waals surface area contributed by atoms with Crippen molar-refractivity contribution < 1.29 is 53.8 Å². The molecule has 0 aromatic heterocycles. The molecule has 0 spiro atoms. The van der Waals surface area contributed by atoms with E-state index in [2.05, 4.69) is 5.32 Å². The minimum atomic E-state index is -6.12. The number of benzene rings is 2. The van der Waals surface area contributed by atoms with Crippen molar-refractivity contribution in [1.82, 2.24) is 5.32 Å². The molecule has 14 heteroatoms. The van der Waals surface area contributed by atoms with Gasteiger partial charge in [-0.15, -0.1) is 0 Å². The smallest absolute Gasteiger partial charge is 0.430 e. The van der Waals surface area contributed by atoms with Gasteiger partial charge in [0.05, 0.1) is 4.90 Å². The monoisotopic (exact) mass is 613 g/mol. The van der Waals surface area contributed by atoms with Gasteiger partial charge in [-0.2, -0.15) is 26.3 Å². The molecule has 2 aromatic rings. The third kappa shape index (κ3) is 6.18. The van der Waals surface area contributed by atoms with Gasteiger partial charge in [-0.3, -0.25) is 0 Å². The standard InChI is InChI=1S/C27H30F7NO5S/c1-22(2,3)40-21(36)35-23(4)13-15-24(16-14-23,41(38,39)20-11-9-19(28)10-12-20)17-5-7-18(8-6-17)25(37,26(29,30)31)27(32,33)34/h5-12,37H,13-16H2,1-4H3,(H,35,36). The highest BCUT2D eigenvalue weighted by molar-refractivity contribution is 7.92. The number of nitrogens with one attached hydrogen (secondary N) is 1. The summed E-state index contributed by atoms with van der Waals surface area (Å²) >= 11 is 0. The molecule has 1 amide bonds. The molecule has 228 valence electrons. The van der Waals surface area contributed by atoms with Gasteiger partial charge < -0.3 is 15.2 Å². The summed E-state index contributed by atoms with van der Waals surface area (Å²) in [7, 11) is -4.42. The molecule has 0 bridgehead atoms. The Balaban J connectivity index is 2.09. The number of aliphatic hydroxyl groups is 1. The molecule has 1 saturated carbocycles. The number of ether oxygens (including phenoxy) is 1. The number of carbonyl (C=O) groups is 1. The fraction of sp³-hybridized carbons (Fsp3) is 0.519. The number of amides is 1. The Labute approximate surface area is 232 Å². The number of halogens is 7. The van der Waals surface area contributed by atoms with Crippen LogP contribution in [0.3, 0.4) is 0 Å². The summed E-state index contributed by atoms with van der Waals surface area (Å²) in [6, 6.07) is 6.25. The minimum absolute atomic E-state index is 0.0312. The lowest BCUT2D eigenvalue weighted by Crippen LogP contribution is -2.54. The Bertz CT molecular complexity index is 1340. The van der Waals surface area contributed by atoms with Gasteiger partial charge in [0.2, 0.25) is 0 Å². The molecule has 1 aliphatic carbocycles. The summed E-state index contributed by atoms with van der Waals surface area (Å²) in [5.74, 6) is -0.723. The molecule has 0 aliphatic heterocycles. The Morgan fingerprint density at radius 1 is 0.854 bits per heavy atom. The Kier molecular flexibility index (Phi) is 8.31. The molecule has 0 radical (unpaired) electrons. The molecule has 41 heavy (non-hydrogen) atoms. The van der Waals surface area contributed by atoms with Gasteiger partial charge in [0, 0.05) is 11.1 Å². The van der Waals surface area contributed by atoms with E-state index in [1.54, 1.807) is 27.7 Å². The summed E-state index contributed by atoms with van der Waals surface area (Å²) in [6.07, 6.45) is -13.3. The van der Waals surface area contributed by atoms with Gasteiger partial charge >= 0.3 is 18.4 Å². The Morgan fingerprint density at radius 2 is 1.32 bits per heavy atom. The van der Waals surface area contributed by atoms with Crippen molar-refractivity contribution in [3.05, 3.63) is 65.5 Å². The number of hydrogen-bond donors (Lipinski definition) is 2. The van der Waals surface area contributed by atoms with Crippen LogP contribution in [-0.4, -0.2) is 43.1 Å². The lowest BCUT2D eigenvalue weighted by Gasteiger charge is -2.45. The molecule has 2 N–H and O–H groups in total. The molecule has 6 nitrogen and oxygen atoms in total. The zero-order chi connectivity index (χ0) is 31.3. The fourth-order valence-electron chi connectivity index (χ4n) is 4.94. The van der Waals surface area contributed by atoms with Crippen LogP contribution in [0.2, 0.25) is 0 Å². The lowest BCUT2D eigenvalue weighted by atomic mass is 9.74. The summed E-state index contributed by atoms with van der Waals surface area (Å²) in [6.45, 7) is 6.61. The van der Waals surface area contributed by atoms with Crippen LogP contribution in [0, 0.1) is 5.82 Å². The van der Waals surface area contributed by atoms with Crippen LogP contribution >= 0.6 is 0 Å². The molecule has 1 fully saturated rings. The third-order valence-electron chi connectivity index (χ3n) is 7.25. The molecular weight excluding hydrogens is 583 g/mol. The predicted octanol–water partition coefficient (Wildman–Crippen LogP) is 6.66. The number of sulfone groups is 1. The van der Waals surface area contributed by atoms with Gasteiger partial charge in [-0.25, -0.2) is 17.6 Å². The highest BCUT2D eigenvalue weighted by Gasteiger charge is 2.71. The number of carbonyl (C=O) groups excluding carboxylic acids is 1. The van der Waals surface area contributed by atoms with Gasteiger partial charge in [0.15, 0.2) is 9.84 Å². The zero-order valence-electron chi connectivity index (χ0n) is 22.6. The number of hydrogen-bond acceptors (Lipinski definition) is 5. The first-order chi connectivity index (χ1) is 18.5. The Hall–Kier alpha value is -2.87. The van der Waals surface area contributed by atoms with Crippen LogP contribution in [0.15, 0.2) is 53.4 Å². The summed E-state index contributed by atoms with van der Waals surface area (Å²) < 4.78 is 125. The van der Waals surface area contributed by atoms with E-state index in [4.69, 9.17) is 4.74 Å². The zero-order valence-corrected chi connectivity index (χ0v) is 23.4. The van der Waals surface area contributed by atoms with Gasteiger partial charge in [-0.1, -0.05) is 24.3 Å². The highest BCUT2D eigenvalue weighted by atomic mass is 32.2. The van der Waals surface area contributed by atoms with E-state index in [0.29, 0.717) is 12.1 Å². The second-order valence-electron chi connectivity index (χ2n) is 11.4. The van der Waals surface area contributed by atoms with Crippen molar-refractivity contribution in [2.45, 2.75) is 92.1 Å². The van der Waals surface area contributed by atoms with Crippen molar-refractivity contribution in [1.29, 1.82) is 0 Å². The first-order valence-electron chi connectivity index (χ1n) is 12.5. The van der Waals surface area contributed by atoms with Crippen molar-refractivity contribution in [2.24, 2.45) is 0 Å². The second kappa shape index (κ2) is 10.4. The molecule has 0 heterocycles. The van der Waals surface area contributed by atoms with Crippen LogP contribution in [0.4, 0.5) is 35.5 Å². The average molecular weight is 614 g/mol. The molecule has 0 atom stereocenters. The van der Waals surface area contributed by atoms with E-state index in [9.17, 15) is 49.1 Å². The molecule has 2 aromatic carbocycles. The normalized spacial score (nSPS) is 22.7. The molecule has 0 unspecified atom stereocenters. The molecule has 3 rings (SSSR count). The predicted molar refractivity (Wildman–Crippen MR) is 134 cm³/mol. The van der Waals surface area contributed by atoms with Gasteiger partial charge in [0.25, 0.3) is 5.60 Å². The summed E-state index contributed by atoms with van der Waals surface area (Å²) in [5, 5.41) is 12.5. The van der Waals surface area contributed by atoms with E-state index in [1.165, 1.54) is 0 Å². The van der Waals surface area contributed by atoms with Crippen molar-refractivity contribution in [2.75, 3.05) is 0 Å². The molecule has 1 aliphatic rings. The summed E-state index contributed by atoms with van der Waals surface area (Å²) in [4.78, 5) is 12.1. The van der Waals surface area contributed by atoms with E-state index in [1.807, 2.05) is 0 Å². The maximum atomic E-state index is 14.0. The van der Waals surface area contributed by atoms with Crippen LogP contribution in [-0.2, 0) is 24.9 Å². The van der Waals surface area contributed by atoms with Crippen LogP contribution < -0.4 is 5.32 Å². The third-order valence-corrected chi connectivity index (χ3v) is 9.82. The SMILES string of the molecule is CC1(NC(=O)OC(C)(C)C)CCC(c2ccc(C(O)(C(F)(F)F)C(F)(F)F)cc2)(S(=O)(=O)c2ccc(F)cc2)CC1. The van der Waals surface area contributed by atoms with E-state index < -0.39 is 61.2 Å². The lowest BCUT2D eigenvalue weighted by molar-refractivity contribution is -0.376. The van der Waals surface area contributed by atoms with E-state index >= 15 is 0 Å². The number of alkyl carbamates (subject to hydrolysis) is 1. The molecular formula is C27H30F7NO5S. The van der Waals surface area contributed by atoms with Crippen molar-refractivity contribution in [3.63, 3.8) is 0 Å². The fourth-order valence-corrected chi connectivity index (χ4v) is 7.07. The van der Waals surface area contributed by atoms with Crippen LogP contribution in [0.25, 0.3) is 0 Å². The average Bonchev–Trinajstić information content (AvgIpc) is 2.81. The summed E-state index contributed by atoms with van der Waals surface area (Å²) in [5.41, 5.74) is -8.64. The minimum Gasteiger partial charge on any atom is -0.444 e. The van der Waals surface area contributed by atoms with Crippen LogP contribution in [0.5, 0.6) is 0 Å². The number of alkyl halides is 6. The van der Waals surface area contributed by atoms with Gasteiger partial charge in [0.1, 0.15) is 16.2 Å². The topological polar surface area (TPSA) is 92.7 Å². The van der Waals surface area contributed by atoms with E-state index in [-0.39, 0.29) is 36.1 Å². The first kappa shape index (κ1) is 32.6. The van der Waals surface area contributed by atoms with Crippen LogP contribution in [0.1, 0.15) is 64.5 Å². The number of rotatable bonds is 5. The van der Waals surface area contributed by atoms with Crippen molar-refractivity contribution >= 4 is 15.9 Å². The maximum Gasteiger partial charge on any atom is 0.430 e. The van der Waals surface area contributed by atoms with E-state index in [0.717, 1.165) is 36.4 Å². The van der Waals surface area contributed by atoms with Gasteiger partial charge in [-0.05, 0) is 83.2 Å². The highest BCUT2D eigenvalue weighted by Crippen LogP contribution is 2.52. The maximum absolute atomic E-state index is 14.0. The van der Waals surface area contributed by atoms with Crippen molar-refractivity contribution in [3.8, 4) is 0 Å². The largest absolute Gasteiger partial charge is 0.444 e. The second-order valence-corrected chi connectivity index (χ2v) is 13.7.